The van der Waals surface area contributed by atoms with Gasteiger partial charge in [-0.25, -0.2) is 4.98 Å². The molecule has 1 amide bonds. The van der Waals surface area contributed by atoms with Crippen molar-refractivity contribution >= 4 is 29.0 Å². The first-order chi connectivity index (χ1) is 15.1. The van der Waals surface area contributed by atoms with Crippen LogP contribution in [0.2, 0.25) is 0 Å². The molecule has 1 aromatic heterocycles. The molecule has 0 unspecified atom stereocenters. The van der Waals surface area contributed by atoms with Gasteiger partial charge in [0.1, 0.15) is 11.6 Å². The van der Waals surface area contributed by atoms with Crippen molar-refractivity contribution in [1.29, 1.82) is 0 Å². The van der Waals surface area contributed by atoms with Crippen molar-refractivity contribution < 1.29 is 14.3 Å². The summed E-state index contributed by atoms with van der Waals surface area (Å²) < 4.78 is 10.7. The summed E-state index contributed by atoms with van der Waals surface area (Å²) in [6.45, 7) is 4.88. The van der Waals surface area contributed by atoms with E-state index in [0.717, 1.165) is 30.3 Å². The van der Waals surface area contributed by atoms with Crippen LogP contribution in [0.15, 0.2) is 54.6 Å². The van der Waals surface area contributed by atoms with E-state index in [4.69, 9.17) is 9.47 Å². The van der Waals surface area contributed by atoms with E-state index in [0.29, 0.717) is 36.2 Å². The van der Waals surface area contributed by atoms with E-state index in [1.54, 1.807) is 25.3 Å². The van der Waals surface area contributed by atoms with Gasteiger partial charge in [0.15, 0.2) is 0 Å². The van der Waals surface area contributed by atoms with E-state index in [1.807, 2.05) is 43.3 Å². The Labute approximate surface area is 181 Å². The molecule has 2 aromatic carbocycles. The van der Waals surface area contributed by atoms with Gasteiger partial charge in [-0.1, -0.05) is 12.1 Å². The zero-order valence-electron chi connectivity index (χ0n) is 17.6. The molecule has 8 nitrogen and oxygen atoms in total. The number of nitrogens with zero attached hydrogens (tertiary/aromatic N) is 3. The molecule has 3 aromatic rings. The second-order valence-corrected chi connectivity index (χ2v) is 7.15. The number of benzene rings is 2. The number of para-hydroxylation sites is 1. The van der Waals surface area contributed by atoms with Crippen molar-refractivity contribution in [2.24, 2.45) is 0 Å². The standard InChI is InChI=1S/C23H25N5O3/c1-16-15-21(27-23(24-16)28-11-13-31-14-12-28)25-17-7-9-18(10-8-17)26-22(29)19-5-3-4-6-20(19)30-2/h3-10,15H,11-14H2,1-2H3,(H,26,29)(H,24,25,27). The minimum atomic E-state index is -0.222. The molecule has 0 spiro atoms. The van der Waals surface area contributed by atoms with E-state index >= 15 is 0 Å². The van der Waals surface area contributed by atoms with Gasteiger partial charge >= 0.3 is 0 Å². The van der Waals surface area contributed by atoms with Gasteiger partial charge in [0, 0.05) is 36.2 Å². The molecular weight excluding hydrogens is 394 g/mol. The van der Waals surface area contributed by atoms with Gasteiger partial charge in [-0.15, -0.1) is 0 Å². The Balaban J connectivity index is 1.44. The molecule has 0 atom stereocenters. The molecule has 1 fully saturated rings. The predicted molar refractivity (Wildman–Crippen MR) is 120 cm³/mol. The van der Waals surface area contributed by atoms with Crippen molar-refractivity contribution in [3.05, 3.63) is 65.9 Å². The predicted octanol–water partition coefficient (Wildman–Crippen LogP) is 3.63. The average Bonchev–Trinajstić information content (AvgIpc) is 2.80. The highest BCUT2D eigenvalue weighted by Gasteiger charge is 2.15. The molecule has 31 heavy (non-hydrogen) atoms. The quantitative estimate of drug-likeness (QED) is 0.631. The van der Waals surface area contributed by atoms with Crippen LogP contribution in [0.1, 0.15) is 16.1 Å². The summed E-state index contributed by atoms with van der Waals surface area (Å²) in [7, 11) is 1.55. The third-order valence-corrected chi connectivity index (χ3v) is 4.90. The average molecular weight is 419 g/mol. The lowest BCUT2D eigenvalue weighted by atomic mass is 10.2. The van der Waals surface area contributed by atoms with Gasteiger partial charge < -0.3 is 25.0 Å². The fourth-order valence-electron chi connectivity index (χ4n) is 3.34. The van der Waals surface area contributed by atoms with Crippen LogP contribution in [-0.2, 0) is 4.74 Å². The number of aryl methyl sites for hydroxylation is 1. The highest BCUT2D eigenvalue weighted by atomic mass is 16.5. The highest BCUT2D eigenvalue weighted by Crippen LogP contribution is 2.22. The number of hydrogen-bond donors (Lipinski definition) is 2. The Kier molecular flexibility index (Phi) is 6.28. The minimum absolute atomic E-state index is 0.222. The molecule has 1 aliphatic heterocycles. The van der Waals surface area contributed by atoms with Gasteiger partial charge in [-0.05, 0) is 43.3 Å². The maximum atomic E-state index is 12.6. The normalized spacial score (nSPS) is 13.5. The molecular formula is C23H25N5O3. The van der Waals surface area contributed by atoms with Crippen LogP contribution >= 0.6 is 0 Å². The molecule has 2 N–H and O–H groups in total. The third kappa shape index (κ3) is 5.10. The van der Waals surface area contributed by atoms with Crippen LogP contribution in [-0.4, -0.2) is 49.3 Å². The largest absolute Gasteiger partial charge is 0.496 e. The molecule has 0 radical (unpaired) electrons. The number of anilines is 4. The minimum Gasteiger partial charge on any atom is -0.496 e. The van der Waals surface area contributed by atoms with Crippen LogP contribution in [0.5, 0.6) is 5.75 Å². The second-order valence-electron chi connectivity index (χ2n) is 7.15. The summed E-state index contributed by atoms with van der Waals surface area (Å²) in [4.78, 5) is 23.9. The number of amides is 1. The van der Waals surface area contributed by atoms with Crippen LogP contribution in [0.25, 0.3) is 0 Å². The lowest BCUT2D eigenvalue weighted by molar-refractivity contribution is 0.102. The Hall–Kier alpha value is -3.65. The molecule has 8 heteroatoms. The number of methoxy groups -OCH3 is 1. The SMILES string of the molecule is COc1ccccc1C(=O)Nc1ccc(Nc2cc(C)nc(N3CCOCC3)n2)cc1. The lowest BCUT2D eigenvalue weighted by Crippen LogP contribution is -2.37. The zero-order chi connectivity index (χ0) is 21.6. The maximum Gasteiger partial charge on any atom is 0.259 e. The maximum absolute atomic E-state index is 12.6. The first-order valence-electron chi connectivity index (χ1n) is 10.1. The van der Waals surface area contributed by atoms with Crippen LogP contribution < -0.4 is 20.3 Å². The molecule has 2 heterocycles. The van der Waals surface area contributed by atoms with Crippen molar-refractivity contribution in [2.45, 2.75) is 6.92 Å². The molecule has 1 saturated heterocycles. The number of morpholine rings is 1. The first kappa shape index (κ1) is 20.6. The zero-order valence-corrected chi connectivity index (χ0v) is 17.6. The monoisotopic (exact) mass is 419 g/mol. The summed E-state index contributed by atoms with van der Waals surface area (Å²) in [5, 5.41) is 6.21. The Morgan fingerprint density at radius 1 is 1.03 bits per heavy atom. The van der Waals surface area contributed by atoms with Gasteiger partial charge in [0.2, 0.25) is 5.95 Å². The number of nitrogens with one attached hydrogen (secondary N) is 2. The fraction of sp³-hybridized carbons (Fsp3) is 0.261. The smallest absolute Gasteiger partial charge is 0.259 e. The van der Waals surface area contributed by atoms with Crippen molar-refractivity contribution in [3.8, 4) is 5.75 Å². The fourth-order valence-corrected chi connectivity index (χ4v) is 3.34. The van der Waals surface area contributed by atoms with Crippen molar-refractivity contribution in [1.82, 2.24) is 9.97 Å². The number of rotatable bonds is 6. The van der Waals surface area contributed by atoms with Gasteiger partial charge in [-0.3, -0.25) is 4.79 Å². The highest BCUT2D eigenvalue weighted by molar-refractivity contribution is 6.06. The Bertz CT molecular complexity index is 1050. The molecule has 160 valence electrons. The lowest BCUT2D eigenvalue weighted by Gasteiger charge is -2.27. The molecule has 1 aliphatic rings. The number of ether oxygens (including phenoxy) is 2. The molecule has 4 rings (SSSR count). The number of hydrogen-bond acceptors (Lipinski definition) is 7. The third-order valence-electron chi connectivity index (χ3n) is 4.90. The Morgan fingerprint density at radius 3 is 2.48 bits per heavy atom. The summed E-state index contributed by atoms with van der Waals surface area (Å²) in [5.41, 5.74) is 2.93. The van der Waals surface area contributed by atoms with Crippen LogP contribution in [0.4, 0.5) is 23.1 Å². The van der Waals surface area contributed by atoms with Gasteiger partial charge in [0.25, 0.3) is 5.91 Å². The van der Waals surface area contributed by atoms with Crippen LogP contribution in [0.3, 0.4) is 0 Å². The van der Waals surface area contributed by atoms with Crippen molar-refractivity contribution in [3.63, 3.8) is 0 Å². The summed E-state index contributed by atoms with van der Waals surface area (Å²) in [5.74, 6) is 1.74. The van der Waals surface area contributed by atoms with E-state index in [9.17, 15) is 4.79 Å². The van der Waals surface area contributed by atoms with E-state index in [1.165, 1.54) is 0 Å². The number of carbonyl (C=O) groups excluding carboxylic acids is 1. The summed E-state index contributed by atoms with van der Waals surface area (Å²) in [6, 6.07) is 16.5. The Morgan fingerprint density at radius 2 is 1.74 bits per heavy atom. The summed E-state index contributed by atoms with van der Waals surface area (Å²) >= 11 is 0. The topological polar surface area (TPSA) is 88.6 Å². The van der Waals surface area contributed by atoms with Gasteiger partial charge in [0.05, 0.1) is 25.9 Å². The second kappa shape index (κ2) is 9.44. The van der Waals surface area contributed by atoms with Crippen molar-refractivity contribution in [2.75, 3.05) is 48.9 Å². The van der Waals surface area contributed by atoms with E-state index < -0.39 is 0 Å². The van der Waals surface area contributed by atoms with Gasteiger partial charge in [-0.2, -0.15) is 4.98 Å². The van der Waals surface area contributed by atoms with E-state index in [2.05, 4.69) is 25.5 Å². The number of carbonyl (C=O) groups is 1. The molecule has 0 aliphatic carbocycles. The van der Waals surface area contributed by atoms with E-state index in [-0.39, 0.29) is 5.91 Å². The molecule has 0 saturated carbocycles. The van der Waals surface area contributed by atoms with Crippen LogP contribution in [0, 0.1) is 6.92 Å². The number of aromatic nitrogens is 2. The summed E-state index contributed by atoms with van der Waals surface area (Å²) in [6.07, 6.45) is 0. The first-order valence-corrected chi connectivity index (χ1v) is 10.1. The molecule has 0 bridgehead atoms.